The Morgan fingerprint density at radius 3 is 2.60 bits per heavy atom. The molecule has 9 heteroatoms. The molecule has 0 aliphatic carbocycles. The quantitative estimate of drug-likeness (QED) is 0.818. The molecule has 0 spiro atoms. The maximum atomic E-state index is 12.3. The third kappa shape index (κ3) is 5.55. The molecule has 0 saturated heterocycles. The molecule has 1 amide bonds. The van der Waals surface area contributed by atoms with Crippen LogP contribution in [0.2, 0.25) is 0 Å². The van der Waals surface area contributed by atoms with E-state index in [9.17, 15) is 22.8 Å². The van der Waals surface area contributed by atoms with Crippen LogP contribution in [0, 0.1) is 0 Å². The predicted octanol–water partition coefficient (Wildman–Crippen LogP) is 0.909. The van der Waals surface area contributed by atoms with Gasteiger partial charge in [0, 0.05) is 24.9 Å². The summed E-state index contributed by atoms with van der Waals surface area (Å²) in [5, 5.41) is 12.3. The smallest absolute Gasteiger partial charge is 0.406 e. The van der Waals surface area contributed by atoms with E-state index in [1.54, 1.807) is 13.2 Å². The van der Waals surface area contributed by atoms with E-state index in [0.717, 1.165) is 6.08 Å². The third-order valence-corrected chi connectivity index (χ3v) is 2.15. The lowest BCUT2D eigenvalue weighted by Crippen LogP contribution is -2.41. The van der Waals surface area contributed by atoms with Crippen molar-refractivity contribution in [2.45, 2.75) is 6.18 Å². The molecule has 0 fully saturated rings. The Morgan fingerprint density at radius 2 is 2.15 bits per heavy atom. The molecule has 1 aromatic rings. The van der Waals surface area contributed by atoms with Crippen LogP contribution in [0.15, 0.2) is 18.5 Å². The molecule has 0 atom stereocenters. The second-order valence-electron chi connectivity index (χ2n) is 3.98. The van der Waals surface area contributed by atoms with E-state index in [4.69, 9.17) is 5.11 Å². The van der Waals surface area contributed by atoms with E-state index in [2.05, 4.69) is 5.10 Å². The van der Waals surface area contributed by atoms with E-state index < -0.39 is 31.1 Å². The van der Waals surface area contributed by atoms with Crippen molar-refractivity contribution >= 4 is 18.0 Å². The van der Waals surface area contributed by atoms with E-state index in [1.807, 2.05) is 0 Å². The maximum Gasteiger partial charge on any atom is 0.406 e. The van der Waals surface area contributed by atoms with Crippen LogP contribution in [-0.2, 0) is 16.6 Å². The summed E-state index contributed by atoms with van der Waals surface area (Å²) in [4.78, 5) is 22.3. The number of aryl methyl sites for hydroxylation is 1. The van der Waals surface area contributed by atoms with Gasteiger partial charge in [-0.05, 0) is 6.08 Å². The van der Waals surface area contributed by atoms with E-state index in [0.29, 0.717) is 5.56 Å². The average molecular weight is 291 g/mol. The number of carboxylic acid groups (broad SMARTS) is 1. The fourth-order valence-electron chi connectivity index (χ4n) is 1.39. The van der Waals surface area contributed by atoms with Crippen LogP contribution < -0.4 is 0 Å². The Kier molecular flexibility index (Phi) is 4.89. The number of alkyl halides is 3. The standard InChI is InChI=1S/C11H12F3N3O3/c1-16-5-8(4-15-16)2-3-9(18)17(6-10(19)20)7-11(12,13)14/h2-5H,6-7H2,1H3,(H,19,20). The summed E-state index contributed by atoms with van der Waals surface area (Å²) < 4.78 is 38.2. The van der Waals surface area contributed by atoms with Gasteiger partial charge in [0.25, 0.3) is 0 Å². The first-order valence-electron chi connectivity index (χ1n) is 5.41. The predicted molar refractivity (Wildman–Crippen MR) is 62.5 cm³/mol. The van der Waals surface area contributed by atoms with Gasteiger partial charge < -0.3 is 10.0 Å². The van der Waals surface area contributed by atoms with Gasteiger partial charge in [-0.1, -0.05) is 0 Å². The summed E-state index contributed by atoms with van der Waals surface area (Å²) in [6.07, 6.45) is 0.448. The third-order valence-electron chi connectivity index (χ3n) is 2.15. The zero-order valence-corrected chi connectivity index (χ0v) is 10.5. The van der Waals surface area contributed by atoms with Crippen LogP contribution in [0.25, 0.3) is 6.08 Å². The van der Waals surface area contributed by atoms with Crippen LogP contribution >= 0.6 is 0 Å². The summed E-state index contributed by atoms with van der Waals surface area (Å²) in [5.74, 6) is -2.55. The molecular formula is C11H12F3N3O3. The molecule has 0 aliphatic rings. The van der Waals surface area contributed by atoms with Crippen LogP contribution in [-0.4, -0.2) is 50.9 Å². The molecule has 0 radical (unpaired) electrons. The molecule has 6 nitrogen and oxygen atoms in total. The highest BCUT2D eigenvalue weighted by atomic mass is 19.4. The fourth-order valence-corrected chi connectivity index (χ4v) is 1.39. The highest BCUT2D eigenvalue weighted by Gasteiger charge is 2.33. The van der Waals surface area contributed by atoms with Crippen LogP contribution in [0.3, 0.4) is 0 Å². The average Bonchev–Trinajstić information content (AvgIpc) is 2.68. The van der Waals surface area contributed by atoms with Crippen LogP contribution in [0.5, 0.6) is 0 Å². The number of halogens is 3. The van der Waals surface area contributed by atoms with Crippen molar-refractivity contribution in [2.75, 3.05) is 13.1 Å². The molecule has 0 saturated carbocycles. The number of amides is 1. The Hall–Kier alpha value is -2.32. The molecule has 0 aromatic carbocycles. The fraction of sp³-hybridized carbons (Fsp3) is 0.364. The number of aromatic nitrogens is 2. The molecule has 1 heterocycles. The van der Waals surface area contributed by atoms with Gasteiger partial charge in [-0.3, -0.25) is 14.3 Å². The molecule has 110 valence electrons. The number of nitrogens with zero attached hydrogens (tertiary/aromatic N) is 3. The second kappa shape index (κ2) is 6.22. The molecule has 1 rings (SSSR count). The summed E-state index contributed by atoms with van der Waals surface area (Å²) >= 11 is 0. The van der Waals surface area contributed by atoms with E-state index >= 15 is 0 Å². The van der Waals surface area contributed by atoms with E-state index in [-0.39, 0.29) is 4.90 Å². The van der Waals surface area contributed by atoms with Gasteiger partial charge in [0.05, 0.1) is 6.20 Å². The molecule has 1 aromatic heterocycles. The molecule has 1 N–H and O–H groups in total. The highest BCUT2D eigenvalue weighted by Crippen LogP contribution is 2.16. The van der Waals surface area contributed by atoms with Gasteiger partial charge in [-0.15, -0.1) is 0 Å². The Morgan fingerprint density at radius 1 is 1.50 bits per heavy atom. The van der Waals surface area contributed by atoms with Crippen molar-refractivity contribution in [3.05, 3.63) is 24.0 Å². The minimum absolute atomic E-state index is 0.204. The Labute approximate surface area is 112 Å². The summed E-state index contributed by atoms with van der Waals surface area (Å²) in [7, 11) is 1.64. The van der Waals surface area contributed by atoms with Gasteiger partial charge in [-0.2, -0.15) is 18.3 Å². The normalized spacial score (nSPS) is 11.8. The number of carbonyl (C=O) groups excluding carboxylic acids is 1. The van der Waals surface area contributed by atoms with Crippen molar-refractivity contribution in [1.29, 1.82) is 0 Å². The van der Waals surface area contributed by atoms with Crippen molar-refractivity contribution in [3.8, 4) is 0 Å². The van der Waals surface area contributed by atoms with Gasteiger partial charge in [-0.25, -0.2) is 0 Å². The summed E-state index contributed by atoms with van der Waals surface area (Å²) in [6, 6.07) is 0. The lowest BCUT2D eigenvalue weighted by Gasteiger charge is -2.20. The SMILES string of the molecule is Cn1cc(C=CC(=O)N(CC(=O)O)CC(F)(F)F)cn1. The topological polar surface area (TPSA) is 75.4 Å². The molecule has 0 aliphatic heterocycles. The first kappa shape index (κ1) is 15.7. The number of hydrogen-bond acceptors (Lipinski definition) is 3. The number of carbonyl (C=O) groups is 2. The number of rotatable bonds is 5. The van der Waals surface area contributed by atoms with Crippen LogP contribution in [0.1, 0.15) is 5.56 Å². The minimum atomic E-state index is -4.66. The van der Waals surface area contributed by atoms with Crippen molar-refractivity contribution in [2.24, 2.45) is 7.05 Å². The van der Waals surface area contributed by atoms with Crippen molar-refractivity contribution in [1.82, 2.24) is 14.7 Å². The lowest BCUT2D eigenvalue weighted by molar-refractivity contribution is -0.163. The summed E-state index contributed by atoms with van der Waals surface area (Å²) in [6.45, 7) is -2.63. The van der Waals surface area contributed by atoms with E-state index in [1.165, 1.54) is 17.0 Å². The zero-order chi connectivity index (χ0) is 15.3. The number of carboxylic acids is 1. The summed E-state index contributed by atoms with van der Waals surface area (Å²) in [5.41, 5.74) is 0.517. The minimum Gasteiger partial charge on any atom is -0.480 e. The zero-order valence-electron chi connectivity index (χ0n) is 10.5. The van der Waals surface area contributed by atoms with Gasteiger partial charge in [0.1, 0.15) is 13.1 Å². The first-order chi connectivity index (χ1) is 9.17. The molecule has 0 bridgehead atoms. The molecule has 20 heavy (non-hydrogen) atoms. The van der Waals surface area contributed by atoms with Crippen molar-refractivity contribution < 1.29 is 27.9 Å². The monoisotopic (exact) mass is 291 g/mol. The first-order valence-corrected chi connectivity index (χ1v) is 5.41. The Balaban J connectivity index is 2.77. The van der Waals surface area contributed by atoms with Crippen LogP contribution in [0.4, 0.5) is 13.2 Å². The second-order valence-corrected chi connectivity index (χ2v) is 3.98. The van der Waals surface area contributed by atoms with Gasteiger partial charge in [0.15, 0.2) is 0 Å². The maximum absolute atomic E-state index is 12.3. The Bertz CT molecular complexity index is 522. The van der Waals surface area contributed by atoms with Gasteiger partial charge >= 0.3 is 12.1 Å². The molecular weight excluding hydrogens is 279 g/mol. The van der Waals surface area contributed by atoms with Gasteiger partial charge in [0.2, 0.25) is 5.91 Å². The molecule has 0 unspecified atom stereocenters. The van der Waals surface area contributed by atoms with Crippen molar-refractivity contribution in [3.63, 3.8) is 0 Å². The lowest BCUT2D eigenvalue weighted by atomic mass is 10.3. The number of hydrogen-bond donors (Lipinski definition) is 1. The highest BCUT2D eigenvalue weighted by molar-refractivity contribution is 5.93. The number of aliphatic carboxylic acids is 1. The largest absolute Gasteiger partial charge is 0.480 e.